The first kappa shape index (κ1) is 18.8. The lowest BCUT2D eigenvalue weighted by Crippen LogP contribution is -2.29. The second kappa shape index (κ2) is 8.23. The number of thioether (sulfide) groups is 1. The fraction of sp³-hybridized carbons (Fsp3) is 0.304. The maximum Gasteiger partial charge on any atom is 0.264 e. The van der Waals surface area contributed by atoms with E-state index in [1.54, 1.807) is 0 Å². The Morgan fingerprint density at radius 2 is 1.79 bits per heavy atom. The van der Waals surface area contributed by atoms with E-state index in [0.29, 0.717) is 10.1 Å². The molecule has 4 rings (SSSR count). The van der Waals surface area contributed by atoms with Crippen LogP contribution >= 0.6 is 11.8 Å². The van der Waals surface area contributed by atoms with Crippen molar-refractivity contribution < 1.29 is 4.79 Å². The molecule has 28 heavy (non-hydrogen) atoms. The Kier molecular flexibility index (Phi) is 5.53. The zero-order chi connectivity index (χ0) is 19.5. The topological polar surface area (TPSA) is 44.7 Å². The molecule has 5 heteroatoms. The second-order valence-electron chi connectivity index (χ2n) is 7.34. The SMILES string of the molecule is Cc1cccc(N=C2NC(=O)/C(=C/c3ccc(N4CCCCC4)cc3)S2)c1C. The third-order valence-electron chi connectivity index (χ3n) is 5.36. The first-order chi connectivity index (χ1) is 13.6. The van der Waals surface area contributed by atoms with Gasteiger partial charge in [-0.2, -0.15) is 0 Å². The quantitative estimate of drug-likeness (QED) is 0.733. The van der Waals surface area contributed by atoms with Crippen LogP contribution in [-0.4, -0.2) is 24.2 Å². The van der Waals surface area contributed by atoms with E-state index < -0.39 is 0 Å². The van der Waals surface area contributed by atoms with Gasteiger partial charge in [0.25, 0.3) is 5.91 Å². The molecular weight excluding hydrogens is 366 g/mol. The maximum atomic E-state index is 12.4. The van der Waals surface area contributed by atoms with Crippen molar-refractivity contribution in [2.75, 3.05) is 18.0 Å². The van der Waals surface area contributed by atoms with Gasteiger partial charge in [-0.05, 0) is 85.8 Å². The first-order valence-corrected chi connectivity index (χ1v) is 10.6. The van der Waals surface area contributed by atoms with Crippen LogP contribution in [0.4, 0.5) is 11.4 Å². The van der Waals surface area contributed by atoms with Gasteiger partial charge in [-0.15, -0.1) is 0 Å². The predicted octanol–water partition coefficient (Wildman–Crippen LogP) is 5.19. The van der Waals surface area contributed by atoms with Crippen molar-refractivity contribution in [1.29, 1.82) is 0 Å². The molecule has 2 aliphatic heterocycles. The summed E-state index contributed by atoms with van der Waals surface area (Å²) in [5, 5.41) is 3.51. The minimum absolute atomic E-state index is 0.0887. The first-order valence-electron chi connectivity index (χ1n) is 9.81. The highest BCUT2D eigenvalue weighted by atomic mass is 32.2. The number of nitrogens with zero attached hydrogens (tertiary/aromatic N) is 2. The molecule has 0 aromatic heterocycles. The lowest BCUT2D eigenvalue weighted by Gasteiger charge is -2.28. The molecule has 0 saturated carbocycles. The highest BCUT2D eigenvalue weighted by molar-refractivity contribution is 8.18. The van der Waals surface area contributed by atoms with Crippen molar-refractivity contribution in [2.45, 2.75) is 33.1 Å². The summed E-state index contributed by atoms with van der Waals surface area (Å²) in [4.78, 5) is 20.1. The molecule has 4 nitrogen and oxygen atoms in total. The van der Waals surface area contributed by atoms with Crippen LogP contribution in [0.25, 0.3) is 6.08 Å². The van der Waals surface area contributed by atoms with Crippen LogP contribution in [0, 0.1) is 13.8 Å². The summed E-state index contributed by atoms with van der Waals surface area (Å²) >= 11 is 1.40. The Morgan fingerprint density at radius 3 is 2.54 bits per heavy atom. The van der Waals surface area contributed by atoms with Crippen molar-refractivity contribution in [3.8, 4) is 0 Å². The number of piperidine rings is 1. The van der Waals surface area contributed by atoms with Gasteiger partial charge in [-0.3, -0.25) is 4.79 Å². The predicted molar refractivity (Wildman–Crippen MR) is 119 cm³/mol. The van der Waals surface area contributed by atoms with Gasteiger partial charge in [0, 0.05) is 18.8 Å². The maximum absolute atomic E-state index is 12.4. The zero-order valence-corrected chi connectivity index (χ0v) is 17.2. The van der Waals surface area contributed by atoms with E-state index in [9.17, 15) is 4.79 Å². The van der Waals surface area contributed by atoms with Crippen molar-refractivity contribution >= 4 is 40.3 Å². The summed E-state index contributed by atoms with van der Waals surface area (Å²) in [6, 6.07) is 14.5. The number of rotatable bonds is 3. The molecule has 0 bridgehead atoms. The fourth-order valence-electron chi connectivity index (χ4n) is 3.53. The van der Waals surface area contributed by atoms with E-state index in [0.717, 1.165) is 29.9 Å². The molecule has 2 aromatic carbocycles. The third kappa shape index (κ3) is 4.14. The van der Waals surface area contributed by atoms with Gasteiger partial charge >= 0.3 is 0 Å². The van der Waals surface area contributed by atoms with Crippen molar-refractivity contribution in [3.05, 3.63) is 64.1 Å². The second-order valence-corrected chi connectivity index (χ2v) is 8.37. The molecule has 2 aromatic rings. The molecule has 2 saturated heterocycles. The van der Waals surface area contributed by atoms with Crippen LogP contribution < -0.4 is 10.2 Å². The number of aryl methyl sites for hydroxylation is 1. The lowest BCUT2D eigenvalue weighted by molar-refractivity contribution is -0.115. The summed E-state index contributed by atoms with van der Waals surface area (Å²) in [5.74, 6) is -0.0887. The van der Waals surface area contributed by atoms with E-state index in [2.05, 4.69) is 59.4 Å². The third-order valence-corrected chi connectivity index (χ3v) is 6.27. The van der Waals surface area contributed by atoms with E-state index in [-0.39, 0.29) is 5.91 Å². The van der Waals surface area contributed by atoms with Crippen molar-refractivity contribution in [3.63, 3.8) is 0 Å². The van der Waals surface area contributed by atoms with Crippen LogP contribution in [0.1, 0.15) is 36.0 Å². The van der Waals surface area contributed by atoms with E-state index >= 15 is 0 Å². The number of amidine groups is 1. The number of benzene rings is 2. The van der Waals surface area contributed by atoms with Crippen LogP contribution in [0.15, 0.2) is 52.4 Å². The zero-order valence-electron chi connectivity index (χ0n) is 16.4. The minimum atomic E-state index is -0.0887. The van der Waals surface area contributed by atoms with Crippen molar-refractivity contribution in [2.24, 2.45) is 4.99 Å². The van der Waals surface area contributed by atoms with E-state index in [4.69, 9.17) is 0 Å². The fourth-order valence-corrected chi connectivity index (χ4v) is 4.37. The molecule has 0 unspecified atom stereocenters. The Labute approximate surface area is 170 Å². The number of carbonyl (C=O) groups excluding carboxylic acids is 1. The molecule has 0 aliphatic carbocycles. The normalized spacial score (nSPS) is 20.1. The van der Waals surface area contributed by atoms with Gasteiger partial charge in [0.15, 0.2) is 5.17 Å². The number of amides is 1. The van der Waals surface area contributed by atoms with Gasteiger partial charge in [-0.1, -0.05) is 24.3 Å². The van der Waals surface area contributed by atoms with E-state index in [1.807, 2.05) is 18.2 Å². The molecule has 144 valence electrons. The average molecular weight is 392 g/mol. The van der Waals surface area contributed by atoms with Gasteiger partial charge < -0.3 is 10.2 Å². The molecule has 1 amide bonds. The average Bonchev–Trinajstić information content (AvgIpc) is 3.05. The smallest absolute Gasteiger partial charge is 0.264 e. The van der Waals surface area contributed by atoms with Gasteiger partial charge in [0.1, 0.15) is 0 Å². The van der Waals surface area contributed by atoms with Crippen LogP contribution in [0.3, 0.4) is 0 Å². The largest absolute Gasteiger partial charge is 0.372 e. The number of anilines is 1. The summed E-state index contributed by atoms with van der Waals surface area (Å²) < 4.78 is 0. The molecule has 0 spiro atoms. The number of aliphatic imine (C=N–C) groups is 1. The van der Waals surface area contributed by atoms with E-state index in [1.165, 1.54) is 42.3 Å². The molecule has 2 fully saturated rings. The molecule has 0 radical (unpaired) electrons. The number of nitrogens with one attached hydrogen (secondary N) is 1. The van der Waals surface area contributed by atoms with Crippen LogP contribution in [0.5, 0.6) is 0 Å². The number of hydrogen-bond donors (Lipinski definition) is 1. The summed E-state index contributed by atoms with van der Waals surface area (Å²) in [5.41, 5.74) is 5.53. The Hall–Kier alpha value is -2.53. The molecular formula is C23H25N3OS. The number of hydrogen-bond acceptors (Lipinski definition) is 4. The summed E-state index contributed by atoms with van der Waals surface area (Å²) in [6.07, 6.45) is 5.81. The minimum Gasteiger partial charge on any atom is -0.372 e. The van der Waals surface area contributed by atoms with Gasteiger partial charge in [-0.25, -0.2) is 4.99 Å². The monoisotopic (exact) mass is 391 g/mol. The molecule has 0 atom stereocenters. The molecule has 2 aliphatic rings. The van der Waals surface area contributed by atoms with Gasteiger partial charge in [0.05, 0.1) is 10.6 Å². The van der Waals surface area contributed by atoms with Crippen LogP contribution in [0.2, 0.25) is 0 Å². The molecule has 1 N–H and O–H groups in total. The Morgan fingerprint density at radius 1 is 1.04 bits per heavy atom. The summed E-state index contributed by atoms with van der Waals surface area (Å²) in [6.45, 7) is 6.39. The van der Waals surface area contributed by atoms with Crippen LogP contribution in [-0.2, 0) is 4.79 Å². The van der Waals surface area contributed by atoms with Gasteiger partial charge in [0.2, 0.25) is 0 Å². The lowest BCUT2D eigenvalue weighted by atomic mass is 10.1. The highest BCUT2D eigenvalue weighted by Crippen LogP contribution is 2.30. The Bertz CT molecular complexity index is 941. The van der Waals surface area contributed by atoms with Crippen molar-refractivity contribution in [1.82, 2.24) is 5.32 Å². The highest BCUT2D eigenvalue weighted by Gasteiger charge is 2.24. The standard InChI is InChI=1S/C23H25N3OS/c1-16-7-6-8-20(17(16)2)24-23-25-22(27)21(28-23)15-18-9-11-19(12-10-18)26-13-4-3-5-14-26/h6-12,15H,3-5,13-14H2,1-2H3,(H,24,25,27)/b21-15-. The Balaban J connectivity index is 1.50. The number of carbonyl (C=O) groups is 1. The molecule has 2 heterocycles. The summed E-state index contributed by atoms with van der Waals surface area (Å²) in [7, 11) is 0.